The van der Waals surface area contributed by atoms with Gasteiger partial charge in [-0.15, -0.1) is 0 Å². The van der Waals surface area contributed by atoms with Crippen molar-refractivity contribution >= 4 is 62.7 Å². The molecule has 162 valence electrons. The summed E-state index contributed by atoms with van der Waals surface area (Å²) in [5.41, 5.74) is 1.74. The molecule has 3 rings (SSSR count). The van der Waals surface area contributed by atoms with E-state index in [0.29, 0.717) is 36.4 Å². The van der Waals surface area contributed by atoms with E-state index in [0.717, 1.165) is 32.8 Å². The number of aromatic nitrogens is 1. The zero-order valence-corrected chi connectivity index (χ0v) is 19.5. The van der Waals surface area contributed by atoms with Crippen LogP contribution in [0.4, 0.5) is 5.69 Å². The molecular formula is C20H23Cl2N3O3S2. The summed E-state index contributed by atoms with van der Waals surface area (Å²) < 4.78 is 29.0. The van der Waals surface area contributed by atoms with Gasteiger partial charge in [0, 0.05) is 36.7 Å². The van der Waals surface area contributed by atoms with Crippen LogP contribution in [-0.4, -0.2) is 42.7 Å². The second-order valence-corrected chi connectivity index (χ2v) is 9.27. The Morgan fingerprint density at radius 2 is 1.87 bits per heavy atom. The summed E-state index contributed by atoms with van der Waals surface area (Å²) in [4.78, 5) is 4.86. The van der Waals surface area contributed by atoms with Crippen molar-refractivity contribution in [2.24, 2.45) is 0 Å². The van der Waals surface area contributed by atoms with Gasteiger partial charge in [0.05, 0.1) is 39.4 Å². The van der Waals surface area contributed by atoms with Crippen LogP contribution in [0.2, 0.25) is 10.0 Å². The number of ether oxygens (including phenoxy) is 2. The van der Waals surface area contributed by atoms with Crippen molar-refractivity contribution in [3.8, 4) is 0 Å². The van der Waals surface area contributed by atoms with E-state index in [-0.39, 0.29) is 0 Å². The Labute approximate surface area is 192 Å². The fraction of sp³-hybridized carbons (Fsp3) is 0.300. The molecule has 6 nitrogen and oxygen atoms in total. The lowest BCUT2D eigenvalue weighted by atomic mass is 10.2. The van der Waals surface area contributed by atoms with E-state index in [1.165, 1.54) is 11.9 Å². The number of benzene rings is 2. The molecule has 0 radical (unpaired) electrons. The summed E-state index contributed by atoms with van der Waals surface area (Å²) in [7, 11) is 0.388. The number of nitrogens with one attached hydrogen (secondary N) is 3. The van der Waals surface area contributed by atoms with Crippen molar-refractivity contribution < 1.29 is 13.7 Å². The predicted molar refractivity (Wildman–Crippen MR) is 126 cm³/mol. The lowest BCUT2D eigenvalue weighted by Crippen LogP contribution is -2.20. The van der Waals surface area contributed by atoms with Gasteiger partial charge >= 0.3 is 0 Å². The molecule has 1 aromatic heterocycles. The lowest BCUT2D eigenvalue weighted by Gasteiger charge is -2.09. The van der Waals surface area contributed by atoms with E-state index < -0.39 is 11.0 Å². The molecule has 0 saturated carbocycles. The van der Waals surface area contributed by atoms with Crippen LogP contribution in [0, 0.1) is 0 Å². The molecular weight excluding hydrogens is 465 g/mol. The summed E-state index contributed by atoms with van der Waals surface area (Å²) in [5.74, 6) is 0. The number of hydrogen-bond acceptors (Lipinski definition) is 5. The van der Waals surface area contributed by atoms with Crippen LogP contribution in [0.3, 0.4) is 0 Å². The maximum atomic E-state index is 12.3. The monoisotopic (exact) mass is 487 g/mol. The quantitative estimate of drug-likeness (QED) is 0.240. The number of H-pyrrole nitrogens is 1. The van der Waals surface area contributed by atoms with Gasteiger partial charge in [0.2, 0.25) is 0 Å². The Morgan fingerprint density at radius 1 is 1.07 bits per heavy atom. The second-order valence-electron chi connectivity index (χ2n) is 6.28. The second kappa shape index (κ2) is 12.0. The van der Waals surface area contributed by atoms with E-state index in [4.69, 9.17) is 32.7 Å². The molecule has 3 aromatic rings. The van der Waals surface area contributed by atoms with E-state index in [1.54, 1.807) is 13.3 Å². The Bertz CT molecular complexity index is 983. The smallest absolute Gasteiger partial charge is 0.124 e. The molecule has 0 bridgehead atoms. The van der Waals surface area contributed by atoms with Gasteiger partial charge in [0.15, 0.2) is 0 Å². The molecule has 0 aliphatic rings. The summed E-state index contributed by atoms with van der Waals surface area (Å²) >= 11 is 13.9. The number of anilines is 1. The van der Waals surface area contributed by atoms with Crippen LogP contribution < -0.4 is 9.44 Å². The van der Waals surface area contributed by atoms with Gasteiger partial charge in [-0.2, -0.15) is 0 Å². The normalized spacial score (nSPS) is 12.4. The number of hydrogen-bond donors (Lipinski definition) is 3. The first-order chi connectivity index (χ1) is 14.6. The zero-order chi connectivity index (χ0) is 21.3. The van der Waals surface area contributed by atoms with Crippen molar-refractivity contribution in [3.63, 3.8) is 0 Å². The summed E-state index contributed by atoms with van der Waals surface area (Å²) in [6.45, 7) is 2.38. The Balaban J connectivity index is 1.48. The topological polar surface area (TPSA) is 75.4 Å². The minimum absolute atomic E-state index is 0.575. The fourth-order valence-electron chi connectivity index (χ4n) is 2.67. The van der Waals surface area contributed by atoms with E-state index in [9.17, 15) is 4.21 Å². The van der Waals surface area contributed by atoms with E-state index in [1.807, 2.05) is 36.4 Å². The van der Waals surface area contributed by atoms with Crippen LogP contribution in [-0.2, 0) is 20.5 Å². The molecule has 1 atom stereocenters. The van der Waals surface area contributed by atoms with E-state index in [2.05, 4.69) is 14.4 Å². The van der Waals surface area contributed by atoms with Gasteiger partial charge in [0.25, 0.3) is 0 Å². The van der Waals surface area contributed by atoms with Crippen molar-refractivity contribution in [2.75, 3.05) is 38.2 Å². The average molecular weight is 488 g/mol. The average Bonchev–Trinajstić information content (AvgIpc) is 3.15. The molecule has 0 aliphatic carbocycles. The molecule has 1 heterocycles. The van der Waals surface area contributed by atoms with Gasteiger partial charge in [-0.3, -0.25) is 0 Å². The number of aromatic amines is 1. The van der Waals surface area contributed by atoms with Crippen LogP contribution in [0.1, 0.15) is 6.42 Å². The Hall–Kier alpha value is -1.26. The highest BCUT2D eigenvalue weighted by molar-refractivity contribution is 8.00. The van der Waals surface area contributed by atoms with Gasteiger partial charge in [0.1, 0.15) is 11.0 Å². The molecule has 0 aliphatic heterocycles. The Kier molecular flexibility index (Phi) is 9.32. The molecule has 2 aromatic carbocycles. The molecule has 1 unspecified atom stereocenters. The maximum absolute atomic E-state index is 12.3. The lowest BCUT2D eigenvalue weighted by molar-refractivity contribution is 0.0699. The molecule has 30 heavy (non-hydrogen) atoms. The highest BCUT2D eigenvalue weighted by Gasteiger charge is 2.10. The number of fused-ring (bicyclic) bond motifs is 1. The molecule has 0 saturated heterocycles. The molecule has 3 N–H and O–H groups in total. The minimum atomic E-state index is -1.25. The maximum Gasteiger partial charge on any atom is 0.124 e. The summed E-state index contributed by atoms with van der Waals surface area (Å²) in [6, 6.07) is 11.3. The van der Waals surface area contributed by atoms with Crippen molar-refractivity contribution in [1.29, 1.82) is 0 Å². The van der Waals surface area contributed by atoms with Gasteiger partial charge in [-0.05, 0) is 54.8 Å². The highest BCUT2D eigenvalue weighted by atomic mass is 35.5. The van der Waals surface area contributed by atoms with Crippen molar-refractivity contribution in [1.82, 2.24) is 9.71 Å². The van der Waals surface area contributed by atoms with Gasteiger partial charge in [-0.1, -0.05) is 23.2 Å². The van der Waals surface area contributed by atoms with Gasteiger partial charge < -0.3 is 19.2 Å². The predicted octanol–water partition coefficient (Wildman–Crippen LogP) is 5.26. The fourth-order valence-corrected chi connectivity index (χ4v) is 4.77. The SMILES string of the molecule is COCCOCCCNS(=O)c1ccc(SNc2ccc(Cl)c3c(Cl)c[nH]c23)cc1. The number of methoxy groups -OCH3 is 1. The summed E-state index contributed by atoms with van der Waals surface area (Å²) in [6.07, 6.45) is 2.50. The first kappa shape index (κ1) is 23.4. The van der Waals surface area contributed by atoms with Crippen LogP contribution in [0.25, 0.3) is 10.9 Å². The van der Waals surface area contributed by atoms with Crippen LogP contribution in [0.5, 0.6) is 0 Å². The molecule has 0 spiro atoms. The zero-order valence-electron chi connectivity index (χ0n) is 16.4. The van der Waals surface area contributed by atoms with Crippen molar-refractivity contribution in [2.45, 2.75) is 16.2 Å². The first-order valence-electron chi connectivity index (χ1n) is 9.30. The third-order valence-electron chi connectivity index (χ3n) is 4.18. The van der Waals surface area contributed by atoms with Crippen molar-refractivity contribution in [3.05, 3.63) is 52.6 Å². The largest absolute Gasteiger partial charge is 0.382 e. The molecule has 10 heteroatoms. The number of rotatable bonds is 12. The minimum Gasteiger partial charge on any atom is -0.382 e. The van der Waals surface area contributed by atoms with Crippen LogP contribution >= 0.6 is 35.1 Å². The van der Waals surface area contributed by atoms with Crippen LogP contribution in [0.15, 0.2) is 52.4 Å². The highest BCUT2D eigenvalue weighted by Crippen LogP contribution is 2.36. The standard InChI is InChI=1S/C20H23Cl2N3O3S2/c1-27-11-12-28-10-2-9-24-30(26)15-5-3-14(4-6-15)29-25-18-8-7-16(21)19-17(22)13-23-20(18)19/h3-8,13,23-25H,2,9-12H2,1H3. The third kappa shape index (κ3) is 6.37. The number of halogens is 2. The summed E-state index contributed by atoms with van der Waals surface area (Å²) in [5, 5.41) is 1.99. The van der Waals surface area contributed by atoms with E-state index >= 15 is 0 Å². The molecule has 0 amide bonds. The first-order valence-corrected chi connectivity index (χ1v) is 12.0. The Morgan fingerprint density at radius 3 is 2.63 bits per heavy atom. The third-order valence-corrected chi connectivity index (χ3v) is 6.79. The van der Waals surface area contributed by atoms with Gasteiger partial charge in [-0.25, -0.2) is 8.93 Å². The molecule has 0 fully saturated rings.